The molecule has 0 aliphatic carbocycles. The molecule has 1 aromatic heterocycles. The predicted molar refractivity (Wildman–Crippen MR) is 126 cm³/mol. The number of H-pyrrole nitrogens is 1. The number of carbonyl (C=O) groups is 1. The van der Waals surface area contributed by atoms with E-state index in [1.54, 1.807) is 0 Å². The molecule has 6 heteroatoms. The van der Waals surface area contributed by atoms with Crippen LogP contribution in [0.1, 0.15) is 25.3 Å². The molecule has 162 valence electrons. The Hall–Kier alpha value is -3.02. The SMILES string of the molecule is Cc1cccc(N2CCN(C(=O)[C@H]3CCCN(c4nc5ccccc5[nH]4)C3)C[C@@H]2C)c1. The Labute approximate surface area is 183 Å². The van der Waals surface area contributed by atoms with Crippen molar-refractivity contribution in [2.75, 3.05) is 42.5 Å². The van der Waals surface area contributed by atoms with Crippen LogP contribution in [-0.4, -0.2) is 59.5 Å². The molecular formula is C25H31N5O. The molecule has 3 heterocycles. The number of benzene rings is 2. The third-order valence-corrected chi connectivity index (χ3v) is 6.72. The van der Waals surface area contributed by atoms with Gasteiger partial charge in [-0.3, -0.25) is 4.79 Å². The molecule has 3 aromatic rings. The number of aromatic nitrogens is 2. The number of nitrogens with one attached hydrogen (secondary N) is 1. The van der Waals surface area contributed by atoms with Crippen LogP contribution in [0.15, 0.2) is 48.5 Å². The highest BCUT2D eigenvalue weighted by Gasteiger charge is 2.34. The van der Waals surface area contributed by atoms with Crippen molar-refractivity contribution >= 4 is 28.6 Å². The van der Waals surface area contributed by atoms with Crippen LogP contribution in [0.4, 0.5) is 11.6 Å². The molecule has 5 rings (SSSR count). The fourth-order valence-electron chi connectivity index (χ4n) is 5.07. The van der Waals surface area contributed by atoms with Crippen LogP contribution in [0.3, 0.4) is 0 Å². The standard InChI is InChI=1S/C25H31N5O/c1-18-7-5-9-21(15-18)30-14-13-28(16-19(30)2)24(31)20-8-6-12-29(17-20)25-26-22-10-3-4-11-23(22)27-25/h3-5,7,9-11,15,19-20H,6,8,12-14,16-17H2,1-2H3,(H,26,27)/t19-,20-/m0/s1. The summed E-state index contributed by atoms with van der Waals surface area (Å²) in [6.07, 6.45) is 1.98. The lowest BCUT2D eigenvalue weighted by Crippen LogP contribution is -2.56. The van der Waals surface area contributed by atoms with Crippen molar-refractivity contribution in [2.24, 2.45) is 5.92 Å². The van der Waals surface area contributed by atoms with Gasteiger partial charge in [-0.25, -0.2) is 4.98 Å². The Morgan fingerprint density at radius 2 is 1.94 bits per heavy atom. The van der Waals surface area contributed by atoms with Crippen LogP contribution >= 0.6 is 0 Å². The summed E-state index contributed by atoms with van der Waals surface area (Å²) in [5.74, 6) is 1.23. The van der Waals surface area contributed by atoms with Crippen LogP contribution in [0.5, 0.6) is 0 Å². The average Bonchev–Trinajstić information content (AvgIpc) is 3.23. The van der Waals surface area contributed by atoms with E-state index in [-0.39, 0.29) is 5.92 Å². The first kappa shape index (κ1) is 19.9. The fourth-order valence-corrected chi connectivity index (χ4v) is 5.07. The van der Waals surface area contributed by atoms with Crippen molar-refractivity contribution in [3.8, 4) is 0 Å². The zero-order valence-corrected chi connectivity index (χ0v) is 18.4. The number of aryl methyl sites for hydroxylation is 1. The summed E-state index contributed by atoms with van der Waals surface area (Å²) < 4.78 is 0. The third kappa shape index (κ3) is 3.99. The van der Waals surface area contributed by atoms with Gasteiger partial charge < -0.3 is 19.7 Å². The minimum atomic E-state index is 0.0414. The van der Waals surface area contributed by atoms with E-state index >= 15 is 0 Å². The zero-order chi connectivity index (χ0) is 21.4. The number of rotatable bonds is 3. The van der Waals surface area contributed by atoms with Crippen LogP contribution < -0.4 is 9.80 Å². The molecule has 31 heavy (non-hydrogen) atoms. The minimum absolute atomic E-state index is 0.0414. The van der Waals surface area contributed by atoms with Crippen molar-refractivity contribution in [1.29, 1.82) is 0 Å². The molecule has 0 bridgehead atoms. The first-order chi connectivity index (χ1) is 15.1. The summed E-state index contributed by atoms with van der Waals surface area (Å²) in [4.78, 5) is 28.3. The molecule has 2 atom stereocenters. The van der Waals surface area contributed by atoms with Crippen molar-refractivity contribution in [1.82, 2.24) is 14.9 Å². The molecule has 6 nitrogen and oxygen atoms in total. The van der Waals surface area contributed by atoms with E-state index in [0.29, 0.717) is 11.9 Å². The quantitative estimate of drug-likeness (QED) is 0.704. The van der Waals surface area contributed by atoms with Crippen LogP contribution in [0.2, 0.25) is 0 Å². The summed E-state index contributed by atoms with van der Waals surface area (Å²) in [5.41, 5.74) is 4.56. The number of hydrogen-bond donors (Lipinski definition) is 1. The summed E-state index contributed by atoms with van der Waals surface area (Å²) in [6.45, 7) is 8.50. The molecule has 0 radical (unpaired) electrons. The Morgan fingerprint density at radius 1 is 1.06 bits per heavy atom. The summed E-state index contributed by atoms with van der Waals surface area (Å²) in [6, 6.07) is 17.1. The van der Waals surface area contributed by atoms with Gasteiger partial charge in [-0.05, 0) is 56.5 Å². The van der Waals surface area contributed by atoms with E-state index in [4.69, 9.17) is 4.98 Å². The number of fused-ring (bicyclic) bond motifs is 1. The Bertz CT molecular complexity index is 1040. The van der Waals surface area contributed by atoms with Crippen LogP contribution in [0.25, 0.3) is 11.0 Å². The second kappa shape index (κ2) is 8.25. The van der Waals surface area contributed by atoms with E-state index in [2.05, 4.69) is 57.8 Å². The molecule has 2 aliphatic rings. The van der Waals surface area contributed by atoms with Gasteiger partial charge in [0.25, 0.3) is 0 Å². The molecule has 1 amide bonds. The van der Waals surface area contributed by atoms with Gasteiger partial charge in [-0.1, -0.05) is 24.3 Å². The number of aromatic amines is 1. The molecule has 0 unspecified atom stereocenters. The maximum atomic E-state index is 13.4. The van der Waals surface area contributed by atoms with E-state index in [1.165, 1.54) is 11.3 Å². The fraction of sp³-hybridized carbons (Fsp3) is 0.440. The number of para-hydroxylation sites is 2. The van der Waals surface area contributed by atoms with Gasteiger partial charge in [-0.15, -0.1) is 0 Å². The van der Waals surface area contributed by atoms with Crippen molar-refractivity contribution in [3.05, 3.63) is 54.1 Å². The van der Waals surface area contributed by atoms with Crippen LogP contribution in [-0.2, 0) is 4.79 Å². The van der Waals surface area contributed by atoms with Gasteiger partial charge in [0, 0.05) is 44.5 Å². The molecular weight excluding hydrogens is 386 g/mol. The Kier molecular flexibility index (Phi) is 5.30. The van der Waals surface area contributed by atoms with E-state index < -0.39 is 0 Å². The number of amides is 1. The lowest BCUT2D eigenvalue weighted by atomic mass is 9.96. The third-order valence-electron chi connectivity index (χ3n) is 6.72. The first-order valence-electron chi connectivity index (χ1n) is 11.4. The second-order valence-corrected chi connectivity index (χ2v) is 9.03. The Balaban J connectivity index is 1.25. The molecule has 2 aromatic carbocycles. The molecule has 0 saturated carbocycles. The van der Waals surface area contributed by atoms with Gasteiger partial charge in [0.15, 0.2) is 0 Å². The number of imidazole rings is 1. The lowest BCUT2D eigenvalue weighted by molar-refractivity contribution is -0.136. The first-order valence-corrected chi connectivity index (χ1v) is 11.4. The maximum Gasteiger partial charge on any atom is 0.227 e. The summed E-state index contributed by atoms with van der Waals surface area (Å²) in [5, 5.41) is 0. The monoisotopic (exact) mass is 417 g/mol. The number of nitrogens with zero attached hydrogens (tertiary/aromatic N) is 4. The van der Waals surface area contributed by atoms with Gasteiger partial charge in [0.1, 0.15) is 0 Å². The largest absolute Gasteiger partial charge is 0.365 e. The van der Waals surface area contributed by atoms with Crippen LogP contribution in [0, 0.1) is 12.8 Å². The molecule has 2 aliphatic heterocycles. The summed E-state index contributed by atoms with van der Waals surface area (Å²) >= 11 is 0. The topological polar surface area (TPSA) is 55.5 Å². The highest BCUT2D eigenvalue weighted by Crippen LogP contribution is 2.27. The highest BCUT2D eigenvalue weighted by molar-refractivity contribution is 5.81. The number of piperazine rings is 1. The number of anilines is 2. The Morgan fingerprint density at radius 3 is 2.74 bits per heavy atom. The van der Waals surface area contributed by atoms with Gasteiger partial charge in [0.05, 0.1) is 17.0 Å². The number of hydrogen-bond acceptors (Lipinski definition) is 4. The van der Waals surface area contributed by atoms with Crippen molar-refractivity contribution < 1.29 is 4.79 Å². The average molecular weight is 418 g/mol. The zero-order valence-electron chi connectivity index (χ0n) is 18.4. The molecule has 1 N–H and O–H groups in total. The van der Waals surface area contributed by atoms with Gasteiger partial charge in [0.2, 0.25) is 11.9 Å². The maximum absolute atomic E-state index is 13.4. The number of piperidine rings is 1. The van der Waals surface area contributed by atoms with E-state index in [1.807, 2.05) is 24.3 Å². The summed E-state index contributed by atoms with van der Waals surface area (Å²) in [7, 11) is 0. The highest BCUT2D eigenvalue weighted by atomic mass is 16.2. The van der Waals surface area contributed by atoms with Crippen molar-refractivity contribution in [3.63, 3.8) is 0 Å². The van der Waals surface area contributed by atoms with E-state index in [0.717, 1.165) is 62.5 Å². The molecule has 2 fully saturated rings. The van der Waals surface area contributed by atoms with Crippen molar-refractivity contribution in [2.45, 2.75) is 32.7 Å². The normalized spacial score (nSPS) is 22.2. The number of carbonyl (C=O) groups excluding carboxylic acids is 1. The van der Waals surface area contributed by atoms with Gasteiger partial charge in [-0.2, -0.15) is 0 Å². The predicted octanol–water partition coefficient (Wildman–Crippen LogP) is 3.83. The lowest BCUT2D eigenvalue weighted by Gasteiger charge is -2.43. The second-order valence-electron chi connectivity index (χ2n) is 9.03. The molecule has 2 saturated heterocycles. The van der Waals surface area contributed by atoms with E-state index in [9.17, 15) is 4.79 Å². The smallest absolute Gasteiger partial charge is 0.227 e. The minimum Gasteiger partial charge on any atom is -0.365 e. The molecule has 0 spiro atoms. The van der Waals surface area contributed by atoms with Gasteiger partial charge >= 0.3 is 0 Å².